The normalized spacial score (nSPS) is 17.4. The van der Waals surface area contributed by atoms with E-state index >= 15 is 0 Å². The summed E-state index contributed by atoms with van der Waals surface area (Å²) in [7, 11) is 0. The summed E-state index contributed by atoms with van der Waals surface area (Å²) in [5, 5.41) is 11.6. The Kier molecular flexibility index (Phi) is 4.63. The second-order valence-corrected chi connectivity index (χ2v) is 6.12. The maximum absolute atomic E-state index is 12.3. The quantitative estimate of drug-likeness (QED) is 0.932. The van der Waals surface area contributed by atoms with Crippen LogP contribution in [0, 0.1) is 13.8 Å². The highest BCUT2D eigenvalue weighted by molar-refractivity contribution is 6.31. The van der Waals surface area contributed by atoms with Gasteiger partial charge in [0.05, 0.1) is 17.5 Å². The predicted octanol–water partition coefficient (Wildman–Crippen LogP) is 2.45. The van der Waals surface area contributed by atoms with Crippen molar-refractivity contribution >= 4 is 17.5 Å². The van der Waals surface area contributed by atoms with Crippen LogP contribution in [0.4, 0.5) is 0 Å². The second kappa shape index (κ2) is 6.68. The van der Waals surface area contributed by atoms with Gasteiger partial charge in [-0.15, -0.1) is 5.10 Å². The van der Waals surface area contributed by atoms with Gasteiger partial charge in [0.2, 0.25) is 0 Å². The lowest BCUT2D eigenvalue weighted by Gasteiger charge is -2.10. The smallest absolute Gasteiger partial charge is 0.273 e. The van der Waals surface area contributed by atoms with Crippen LogP contribution in [0.1, 0.15) is 34.6 Å². The predicted molar refractivity (Wildman–Crippen MR) is 87.2 cm³/mol. The minimum atomic E-state index is -0.234. The summed E-state index contributed by atoms with van der Waals surface area (Å²) < 4.78 is 7.12. The van der Waals surface area contributed by atoms with Crippen LogP contribution >= 0.6 is 11.6 Å². The zero-order chi connectivity index (χ0) is 16.4. The van der Waals surface area contributed by atoms with Gasteiger partial charge in [0, 0.05) is 18.2 Å². The number of rotatable bonds is 4. The number of hydrogen-bond acceptors (Lipinski definition) is 4. The minimum absolute atomic E-state index is 0.102. The highest BCUT2D eigenvalue weighted by Crippen LogP contribution is 2.20. The lowest BCUT2D eigenvalue weighted by molar-refractivity contribution is 0.0853. The number of halogens is 1. The van der Waals surface area contributed by atoms with E-state index in [9.17, 15) is 4.79 Å². The number of aromatic nitrogens is 3. The number of carbonyl (C=O) groups excluding carboxylic acids is 1. The fraction of sp³-hybridized carbons (Fsp3) is 0.438. The minimum Gasteiger partial charge on any atom is -0.376 e. The van der Waals surface area contributed by atoms with Crippen LogP contribution in [-0.4, -0.2) is 40.2 Å². The highest BCUT2D eigenvalue weighted by atomic mass is 35.5. The van der Waals surface area contributed by atoms with Gasteiger partial charge in [0.25, 0.3) is 5.91 Å². The summed E-state index contributed by atoms with van der Waals surface area (Å²) in [6.07, 6.45) is 2.13. The number of hydrogen-bond donors (Lipinski definition) is 1. The fourth-order valence-corrected chi connectivity index (χ4v) is 2.77. The zero-order valence-electron chi connectivity index (χ0n) is 13.2. The second-order valence-electron chi connectivity index (χ2n) is 5.71. The van der Waals surface area contributed by atoms with Gasteiger partial charge in [-0.2, -0.15) is 0 Å². The standard InChI is InChI=1S/C16H19ClN4O2/c1-10-5-6-12(8-14(10)17)21-11(2)15(19-20-21)16(22)18-9-13-4-3-7-23-13/h5-6,8,13H,3-4,7,9H2,1-2H3,(H,18,22)/t13-/m1/s1. The van der Waals surface area contributed by atoms with Crippen LogP contribution in [0.25, 0.3) is 5.69 Å². The van der Waals surface area contributed by atoms with Crippen molar-refractivity contribution in [1.29, 1.82) is 0 Å². The Hall–Kier alpha value is -1.92. The van der Waals surface area contributed by atoms with Crippen LogP contribution in [-0.2, 0) is 4.74 Å². The number of benzene rings is 1. The molecule has 0 radical (unpaired) electrons. The van der Waals surface area contributed by atoms with Crippen molar-refractivity contribution < 1.29 is 9.53 Å². The molecule has 2 aromatic rings. The van der Waals surface area contributed by atoms with Crippen molar-refractivity contribution in [1.82, 2.24) is 20.3 Å². The molecule has 1 aromatic heterocycles. The van der Waals surface area contributed by atoms with E-state index in [0.717, 1.165) is 30.7 Å². The maximum Gasteiger partial charge on any atom is 0.273 e. The third-order valence-corrected chi connectivity index (χ3v) is 4.43. The number of nitrogens with one attached hydrogen (secondary N) is 1. The molecule has 1 aliphatic rings. The number of aryl methyl sites for hydroxylation is 1. The van der Waals surface area contributed by atoms with Crippen molar-refractivity contribution in [2.45, 2.75) is 32.8 Å². The zero-order valence-corrected chi connectivity index (χ0v) is 13.9. The Labute approximate surface area is 139 Å². The molecular formula is C16H19ClN4O2. The van der Waals surface area contributed by atoms with E-state index in [1.165, 1.54) is 0 Å². The molecule has 1 saturated heterocycles. The summed E-state index contributed by atoms with van der Waals surface area (Å²) in [4.78, 5) is 12.3. The third-order valence-electron chi connectivity index (χ3n) is 4.02. The third kappa shape index (κ3) is 3.38. The Morgan fingerprint density at radius 3 is 3.00 bits per heavy atom. The van der Waals surface area contributed by atoms with E-state index in [-0.39, 0.29) is 12.0 Å². The Bertz CT molecular complexity index is 723. The molecule has 122 valence electrons. The van der Waals surface area contributed by atoms with Gasteiger partial charge >= 0.3 is 0 Å². The molecule has 3 rings (SSSR count). The molecule has 1 aliphatic heterocycles. The Morgan fingerprint density at radius 2 is 2.30 bits per heavy atom. The van der Waals surface area contributed by atoms with E-state index in [1.807, 2.05) is 32.0 Å². The first kappa shape index (κ1) is 16.0. The van der Waals surface area contributed by atoms with Crippen LogP contribution in [0.5, 0.6) is 0 Å². The molecule has 2 heterocycles. The van der Waals surface area contributed by atoms with E-state index in [4.69, 9.17) is 16.3 Å². The van der Waals surface area contributed by atoms with Gasteiger partial charge < -0.3 is 10.1 Å². The van der Waals surface area contributed by atoms with Gasteiger partial charge in [-0.3, -0.25) is 4.79 Å². The number of ether oxygens (including phenoxy) is 1. The number of nitrogens with zero attached hydrogens (tertiary/aromatic N) is 3. The van der Waals surface area contributed by atoms with Crippen molar-refractivity contribution in [2.75, 3.05) is 13.2 Å². The van der Waals surface area contributed by atoms with Crippen LogP contribution in [0.2, 0.25) is 5.02 Å². The average Bonchev–Trinajstić information content (AvgIpc) is 3.17. The summed E-state index contributed by atoms with van der Waals surface area (Å²) >= 11 is 6.15. The van der Waals surface area contributed by atoms with Crippen molar-refractivity contribution in [3.8, 4) is 5.69 Å². The summed E-state index contributed by atoms with van der Waals surface area (Å²) in [5.74, 6) is -0.234. The molecule has 0 saturated carbocycles. The van der Waals surface area contributed by atoms with Crippen LogP contribution in [0.15, 0.2) is 18.2 Å². The van der Waals surface area contributed by atoms with Crippen LogP contribution in [0.3, 0.4) is 0 Å². The first-order valence-electron chi connectivity index (χ1n) is 7.65. The van der Waals surface area contributed by atoms with Gasteiger partial charge in [-0.05, 0) is 44.4 Å². The molecule has 6 nitrogen and oxygen atoms in total. The Balaban J connectivity index is 1.75. The van der Waals surface area contributed by atoms with Crippen molar-refractivity contribution in [3.63, 3.8) is 0 Å². The van der Waals surface area contributed by atoms with Crippen LogP contribution < -0.4 is 5.32 Å². The van der Waals surface area contributed by atoms with Crippen molar-refractivity contribution in [3.05, 3.63) is 40.2 Å². The Morgan fingerprint density at radius 1 is 1.48 bits per heavy atom. The molecule has 0 aliphatic carbocycles. The molecule has 7 heteroatoms. The number of amides is 1. The molecular weight excluding hydrogens is 316 g/mol. The first-order chi connectivity index (χ1) is 11.1. The maximum atomic E-state index is 12.3. The molecule has 1 fully saturated rings. The van der Waals surface area contributed by atoms with E-state index < -0.39 is 0 Å². The van der Waals surface area contributed by atoms with Gasteiger partial charge in [0.1, 0.15) is 0 Å². The molecule has 1 amide bonds. The summed E-state index contributed by atoms with van der Waals surface area (Å²) in [6.45, 7) is 5.02. The van der Waals surface area contributed by atoms with E-state index in [0.29, 0.717) is 23.0 Å². The van der Waals surface area contributed by atoms with Gasteiger partial charge in [-0.25, -0.2) is 4.68 Å². The first-order valence-corrected chi connectivity index (χ1v) is 8.02. The molecule has 1 aromatic carbocycles. The lowest BCUT2D eigenvalue weighted by atomic mass is 10.2. The molecule has 1 N–H and O–H groups in total. The van der Waals surface area contributed by atoms with E-state index in [1.54, 1.807) is 4.68 Å². The molecule has 0 unspecified atom stereocenters. The molecule has 1 atom stereocenters. The topological polar surface area (TPSA) is 69.0 Å². The SMILES string of the molecule is Cc1ccc(-n2nnc(C(=O)NC[C@H]3CCCO3)c2C)cc1Cl. The molecule has 0 spiro atoms. The van der Waals surface area contributed by atoms with E-state index in [2.05, 4.69) is 15.6 Å². The highest BCUT2D eigenvalue weighted by Gasteiger charge is 2.20. The summed E-state index contributed by atoms with van der Waals surface area (Å²) in [5.41, 5.74) is 2.76. The van der Waals surface area contributed by atoms with Gasteiger partial charge in [0.15, 0.2) is 5.69 Å². The fourth-order valence-electron chi connectivity index (χ4n) is 2.59. The monoisotopic (exact) mass is 334 g/mol. The van der Waals surface area contributed by atoms with Crippen molar-refractivity contribution in [2.24, 2.45) is 0 Å². The molecule has 23 heavy (non-hydrogen) atoms. The largest absolute Gasteiger partial charge is 0.376 e. The average molecular weight is 335 g/mol. The number of carbonyl (C=O) groups is 1. The summed E-state index contributed by atoms with van der Waals surface area (Å²) in [6, 6.07) is 5.62. The lowest BCUT2D eigenvalue weighted by Crippen LogP contribution is -2.32. The molecule has 0 bridgehead atoms. The van der Waals surface area contributed by atoms with Gasteiger partial charge in [-0.1, -0.05) is 22.9 Å².